The smallest absolute Gasteiger partial charge is 0.410 e. The van der Waals surface area contributed by atoms with Crippen molar-refractivity contribution >= 4 is 40.1 Å². The molecule has 12 heteroatoms. The number of fused-ring (bicyclic) bond motifs is 2. The lowest BCUT2D eigenvalue weighted by molar-refractivity contribution is 0.00567. The van der Waals surface area contributed by atoms with Crippen LogP contribution in [0.3, 0.4) is 0 Å². The van der Waals surface area contributed by atoms with Crippen LogP contribution in [-0.4, -0.2) is 74.1 Å². The number of ether oxygens (including phenoxy) is 2. The van der Waals surface area contributed by atoms with Crippen LogP contribution < -0.4 is 15.0 Å². The van der Waals surface area contributed by atoms with Gasteiger partial charge in [-0.1, -0.05) is 0 Å². The van der Waals surface area contributed by atoms with E-state index in [-0.39, 0.29) is 35.1 Å². The molecule has 1 aliphatic rings. The summed E-state index contributed by atoms with van der Waals surface area (Å²) in [6.45, 7) is 12.3. The maximum Gasteiger partial charge on any atom is 0.410 e. The second-order valence-corrected chi connectivity index (χ2v) is 11.4. The number of carbonyl (C=O) groups is 2. The average Bonchev–Trinajstić information content (AvgIpc) is 3.26. The molecule has 4 heterocycles. The fraction of sp³-hybridized carbons (Fsp3) is 0.414. The van der Waals surface area contributed by atoms with Crippen LogP contribution in [0.5, 0.6) is 5.88 Å². The van der Waals surface area contributed by atoms with Gasteiger partial charge in [0.05, 0.1) is 48.0 Å². The Bertz CT molecular complexity index is 1640. The lowest BCUT2D eigenvalue weighted by Gasteiger charge is -2.45. The minimum atomic E-state index is -0.596. The summed E-state index contributed by atoms with van der Waals surface area (Å²) in [5.74, 6) is -0.713. The average molecular weight is 564 g/mol. The third-order valence-electron chi connectivity index (χ3n) is 6.86. The summed E-state index contributed by atoms with van der Waals surface area (Å²) < 4.78 is 27.1. The van der Waals surface area contributed by atoms with Crippen molar-refractivity contribution in [3.63, 3.8) is 0 Å². The lowest BCUT2D eigenvalue weighted by Crippen LogP contribution is -2.59. The number of aromatic nitrogens is 4. The first-order chi connectivity index (χ1) is 19.3. The summed E-state index contributed by atoms with van der Waals surface area (Å²) in [4.78, 5) is 43.5. The fourth-order valence-corrected chi connectivity index (χ4v) is 5.25. The standard InChI is InChI=1S/C29H34FN7O4/c1-16-12-36-15-19(10-21(30)26(36)32-16)33-27(38)20-8-9-22(25-24(20)31-11-23(34-25)40-7)35-13-17(2)37(18(3)14-35)28(39)41-29(4,5)6/h8-12,15,17-18H,13-14H2,1-7H3,(H,33,38). The van der Waals surface area contributed by atoms with E-state index in [1.165, 1.54) is 23.8 Å². The van der Waals surface area contributed by atoms with Crippen LogP contribution in [-0.2, 0) is 4.74 Å². The highest BCUT2D eigenvalue weighted by Crippen LogP contribution is 2.32. The highest BCUT2D eigenvalue weighted by molar-refractivity contribution is 6.13. The molecule has 1 aromatic carbocycles. The molecule has 4 aromatic rings. The van der Waals surface area contributed by atoms with Crippen molar-refractivity contribution in [2.45, 2.75) is 59.2 Å². The molecule has 0 bridgehead atoms. The number of hydrogen-bond acceptors (Lipinski definition) is 8. The number of piperazine rings is 1. The highest BCUT2D eigenvalue weighted by atomic mass is 19.1. The molecule has 1 aliphatic heterocycles. The predicted octanol–water partition coefficient (Wildman–Crippen LogP) is 4.82. The van der Waals surface area contributed by atoms with Crippen molar-refractivity contribution in [3.05, 3.63) is 53.9 Å². The number of rotatable bonds is 4. The van der Waals surface area contributed by atoms with Crippen LogP contribution in [0, 0.1) is 12.7 Å². The highest BCUT2D eigenvalue weighted by Gasteiger charge is 2.36. The first-order valence-corrected chi connectivity index (χ1v) is 13.4. The number of pyridine rings is 1. The number of nitrogens with zero attached hydrogens (tertiary/aromatic N) is 6. The van der Waals surface area contributed by atoms with Gasteiger partial charge in [-0.2, -0.15) is 0 Å². The molecule has 0 saturated carbocycles. The van der Waals surface area contributed by atoms with E-state index in [4.69, 9.17) is 9.47 Å². The molecule has 216 valence electrons. The number of halogens is 1. The van der Waals surface area contributed by atoms with Crippen molar-refractivity contribution in [1.29, 1.82) is 0 Å². The van der Waals surface area contributed by atoms with Crippen LogP contribution >= 0.6 is 0 Å². The number of methoxy groups -OCH3 is 1. The Morgan fingerprint density at radius 3 is 2.44 bits per heavy atom. The summed E-state index contributed by atoms with van der Waals surface area (Å²) in [6, 6.07) is 4.43. The molecule has 2 unspecified atom stereocenters. The number of hydrogen-bond donors (Lipinski definition) is 1. The largest absolute Gasteiger partial charge is 0.480 e. The zero-order valence-electron chi connectivity index (χ0n) is 24.2. The van der Waals surface area contributed by atoms with Gasteiger partial charge in [-0.25, -0.2) is 24.1 Å². The van der Waals surface area contributed by atoms with Gasteiger partial charge >= 0.3 is 6.09 Å². The summed E-state index contributed by atoms with van der Waals surface area (Å²) in [6.07, 6.45) is 4.39. The van der Waals surface area contributed by atoms with E-state index in [1.807, 2.05) is 40.7 Å². The van der Waals surface area contributed by atoms with E-state index >= 15 is 0 Å². The number of carbonyl (C=O) groups excluding carboxylic acids is 2. The summed E-state index contributed by atoms with van der Waals surface area (Å²) in [5.41, 5.74) is 2.40. The molecule has 1 N–H and O–H groups in total. The van der Waals surface area contributed by atoms with E-state index in [9.17, 15) is 14.0 Å². The van der Waals surface area contributed by atoms with Crippen molar-refractivity contribution in [2.24, 2.45) is 0 Å². The van der Waals surface area contributed by atoms with Crippen molar-refractivity contribution in [1.82, 2.24) is 24.3 Å². The topological polar surface area (TPSA) is 114 Å². The van der Waals surface area contributed by atoms with Crippen molar-refractivity contribution in [2.75, 3.05) is 30.4 Å². The Kier molecular flexibility index (Phi) is 7.18. The quantitative estimate of drug-likeness (QED) is 0.376. The molecule has 0 radical (unpaired) electrons. The number of imidazole rings is 1. The zero-order valence-corrected chi connectivity index (χ0v) is 24.2. The molecule has 5 rings (SSSR count). The monoisotopic (exact) mass is 563 g/mol. The van der Waals surface area contributed by atoms with Gasteiger partial charge in [0, 0.05) is 31.5 Å². The third kappa shape index (κ3) is 5.59. The molecule has 2 atom stereocenters. The molecule has 41 heavy (non-hydrogen) atoms. The van der Waals surface area contributed by atoms with Crippen molar-refractivity contribution < 1.29 is 23.5 Å². The maximum absolute atomic E-state index is 14.6. The van der Waals surface area contributed by atoms with E-state index in [0.717, 1.165) is 5.69 Å². The van der Waals surface area contributed by atoms with Gasteiger partial charge in [0.1, 0.15) is 16.6 Å². The van der Waals surface area contributed by atoms with Gasteiger partial charge in [-0.05, 0) is 53.7 Å². The second-order valence-electron chi connectivity index (χ2n) is 11.4. The van der Waals surface area contributed by atoms with Crippen LogP contribution in [0.4, 0.5) is 20.6 Å². The van der Waals surface area contributed by atoms with Gasteiger partial charge in [0.25, 0.3) is 5.91 Å². The minimum absolute atomic E-state index is 0.151. The normalized spacial score (nSPS) is 17.7. The Labute approximate surface area is 237 Å². The zero-order chi connectivity index (χ0) is 29.6. The van der Waals surface area contributed by atoms with Gasteiger partial charge < -0.3 is 24.1 Å². The molecule has 2 amide bonds. The summed E-state index contributed by atoms with van der Waals surface area (Å²) in [7, 11) is 1.50. The molecule has 3 aromatic heterocycles. The Hall–Kier alpha value is -4.48. The molecule has 11 nitrogen and oxygen atoms in total. The Morgan fingerprint density at radius 1 is 1.07 bits per heavy atom. The van der Waals surface area contributed by atoms with Gasteiger partial charge in [-0.15, -0.1) is 0 Å². The van der Waals surface area contributed by atoms with E-state index in [2.05, 4.69) is 25.2 Å². The van der Waals surface area contributed by atoms with E-state index in [1.54, 1.807) is 30.3 Å². The summed E-state index contributed by atoms with van der Waals surface area (Å²) in [5, 5.41) is 2.77. The number of anilines is 2. The molecule has 0 aliphatic carbocycles. The summed E-state index contributed by atoms with van der Waals surface area (Å²) >= 11 is 0. The number of nitrogens with one attached hydrogen (secondary N) is 1. The van der Waals surface area contributed by atoms with Crippen LogP contribution in [0.25, 0.3) is 16.7 Å². The third-order valence-corrected chi connectivity index (χ3v) is 6.86. The SMILES string of the molecule is COc1cnc2c(C(=O)Nc3cc(F)c4nc(C)cn4c3)ccc(N3CC(C)N(C(=O)OC(C)(C)C)C(C)C3)c2n1. The number of benzene rings is 1. The maximum atomic E-state index is 14.6. The van der Waals surface area contributed by atoms with Gasteiger partial charge in [0.15, 0.2) is 11.5 Å². The Balaban J connectivity index is 1.46. The lowest BCUT2D eigenvalue weighted by atomic mass is 10.1. The first-order valence-electron chi connectivity index (χ1n) is 13.4. The Morgan fingerprint density at radius 2 is 1.78 bits per heavy atom. The molecule has 0 spiro atoms. The van der Waals surface area contributed by atoms with E-state index in [0.29, 0.717) is 35.7 Å². The predicted molar refractivity (Wildman–Crippen MR) is 153 cm³/mol. The van der Waals surface area contributed by atoms with Crippen LogP contribution in [0.1, 0.15) is 50.7 Å². The van der Waals surface area contributed by atoms with Crippen LogP contribution in [0.2, 0.25) is 0 Å². The molecular formula is C29H34FN7O4. The van der Waals surface area contributed by atoms with Gasteiger partial charge in [0.2, 0.25) is 5.88 Å². The molecular weight excluding hydrogens is 529 g/mol. The molecule has 1 fully saturated rings. The van der Waals surface area contributed by atoms with E-state index < -0.39 is 17.3 Å². The van der Waals surface area contributed by atoms with Crippen LogP contribution in [0.15, 0.2) is 36.8 Å². The van der Waals surface area contributed by atoms with Gasteiger partial charge in [-0.3, -0.25) is 9.69 Å². The fourth-order valence-electron chi connectivity index (χ4n) is 5.25. The number of aryl methyl sites for hydroxylation is 1. The number of amides is 2. The first kappa shape index (κ1) is 28.1. The molecule has 1 saturated heterocycles. The van der Waals surface area contributed by atoms with Crippen molar-refractivity contribution in [3.8, 4) is 5.88 Å². The minimum Gasteiger partial charge on any atom is -0.480 e. The second kappa shape index (κ2) is 10.5.